The van der Waals surface area contributed by atoms with Gasteiger partial charge >= 0.3 is 0 Å². The number of anilines is 2. The molecule has 0 heterocycles. The summed E-state index contributed by atoms with van der Waals surface area (Å²) in [6, 6.07) is 21.7. The second kappa shape index (κ2) is 8.60. The van der Waals surface area contributed by atoms with E-state index in [1.54, 1.807) is 6.07 Å². The summed E-state index contributed by atoms with van der Waals surface area (Å²) in [5.41, 5.74) is 6.92. The minimum Gasteiger partial charge on any atom is -0.380 e. The zero-order chi connectivity index (χ0) is 21.3. The fourth-order valence-corrected chi connectivity index (χ4v) is 4.87. The highest BCUT2D eigenvalue weighted by molar-refractivity contribution is 6.34. The molecule has 0 aliphatic heterocycles. The predicted octanol–water partition coefficient (Wildman–Crippen LogP) is 6.61. The number of halogens is 2. The van der Waals surface area contributed by atoms with Gasteiger partial charge in [0.05, 0.1) is 11.4 Å². The molecular weight excluding hydrogens is 415 g/mol. The van der Waals surface area contributed by atoms with E-state index < -0.39 is 5.60 Å². The number of benzene rings is 3. The van der Waals surface area contributed by atoms with E-state index in [4.69, 9.17) is 23.2 Å². The van der Waals surface area contributed by atoms with Gasteiger partial charge in [0.1, 0.15) is 5.60 Å². The van der Waals surface area contributed by atoms with Crippen molar-refractivity contribution in [3.8, 4) is 0 Å². The monoisotopic (exact) mass is 440 g/mol. The number of para-hydroxylation sites is 1. The molecule has 1 atom stereocenters. The molecule has 0 bridgehead atoms. The molecule has 0 aromatic heterocycles. The lowest BCUT2D eigenvalue weighted by molar-refractivity contribution is -0.0200. The van der Waals surface area contributed by atoms with Crippen molar-refractivity contribution in [1.29, 1.82) is 0 Å². The maximum absolute atomic E-state index is 12.0. The van der Waals surface area contributed by atoms with E-state index in [9.17, 15) is 5.11 Å². The van der Waals surface area contributed by atoms with Gasteiger partial charge in [0.2, 0.25) is 0 Å². The highest BCUT2D eigenvalue weighted by Crippen LogP contribution is 2.48. The summed E-state index contributed by atoms with van der Waals surface area (Å²) in [4.78, 5) is 0. The van der Waals surface area contributed by atoms with Gasteiger partial charge in [0.15, 0.2) is 0 Å². The first-order valence-corrected chi connectivity index (χ1v) is 11.0. The molecule has 0 saturated heterocycles. The lowest BCUT2D eigenvalue weighted by atomic mass is 9.66. The van der Waals surface area contributed by atoms with Gasteiger partial charge in [-0.2, -0.15) is 0 Å². The average molecular weight is 441 g/mol. The molecule has 0 amide bonds. The van der Waals surface area contributed by atoms with Crippen molar-refractivity contribution < 1.29 is 5.11 Å². The standard InChI is InChI=1S/C25H26Cl2N2O/c1-17-13-19(11-12-24(17)29(28-2)23-9-4-3-5-10-23)25(30,18-7-6-8-18)20-14-21(26)16-22(27)15-20/h3-5,9-16,18,28,30H,6-8H2,1-2H3. The van der Waals surface area contributed by atoms with Crippen LogP contribution in [-0.2, 0) is 5.60 Å². The first-order valence-electron chi connectivity index (χ1n) is 10.3. The molecule has 3 nitrogen and oxygen atoms in total. The normalized spacial score (nSPS) is 16.0. The topological polar surface area (TPSA) is 35.5 Å². The van der Waals surface area contributed by atoms with Crippen molar-refractivity contribution in [2.75, 3.05) is 12.1 Å². The highest BCUT2D eigenvalue weighted by atomic mass is 35.5. The van der Waals surface area contributed by atoms with Crippen molar-refractivity contribution in [3.63, 3.8) is 0 Å². The Morgan fingerprint density at radius 1 is 0.933 bits per heavy atom. The molecule has 1 saturated carbocycles. The number of nitrogens with zero attached hydrogens (tertiary/aromatic N) is 1. The molecule has 3 aromatic carbocycles. The summed E-state index contributed by atoms with van der Waals surface area (Å²) in [7, 11) is 1.90. The molecule has 156 valence electrons. The number of hydrazine groups is 1. The summed E-state index contributed by atoms with van der Waals surface area (Å²) >= 11 is 12.6. The van der Waals surface area contributed by atoms with Gasteiger partial charge < -0.3 is 5.11 Å². The van der Waals surface area contributed by atoms with Gasteiger partial charge in [-0.05, 0) is 78.8 Å². The molecule has 1 unspecified atom stereocenters. The van der Waals surface area contributed by atoms with E-state index in [-0.39, 0.29) is 5.92 Å². The van der Waals surface area contributed by atoms with Crippen LogP contribution < -0.4 is 10.4 Å². The van der Waals surface area contributed by atoms with Crippen LogP contribution in [0.3, 0.4) is 0 Å². The second-order valence-corrected chi connectivity index (χ2v) is 8.82. The molecule has 1 aliphatic rings. The van der Waals surface area contributed by atoms with Gasteiger partial charge in [-0.3, -0.25) is 5.01 Å². The number of nitrogens with one attached hydrogen (secondary N) is 1. The molecular formula is C25H26Cl2N2O. The van der Waals surface area contributed by atoms with Crippen LogP contribution in [0.1, 0.15) is 36.0 Å². The zero-order valence-electron chi connectivity index (χ0n) is 17.2. The quantitative estimate of drug-likeness (QED) is 0.423. The van der Waals surface area contributed by atoms with Gasteiger partial charge in [0.25, 0.3) is 0 Å². The predicted molar refractivity (Wildman–Crippen MR) is 126 cm³/mol. The van der Waals surface area contributed by atoms with Crippen LogP contribution in [0.5, 0.6) is 0 Å². The van der Waals surface area contributed by atoms with E-state index in [0.29, 0.717) is 10.0 Å². The van der Waals surface area contributed by atoms with Crippen molar-refractivity contribution >= 4 is 34.6 Å². The van der Waals surface area contributed by atoms with Crippen molar-refractivity contribution in [2.24, 2.45) is 5.92 Å². The maximum Gasteiger partial charge on any atom is 0.118 e. The summed E-state index contributed by atoms with van der Waals surface area (Å²) in [5.74, 6) is 0.145. The highest BCUT2D eigenvalue weighted by Gasteiger charge is 2.43. The largest absolute Gasteiger partial charge is 0.380 e. The minimum atomic E-state index is -1.12. The summed E-state index contributed by atoms with van der Waals surface area (Å²) in [6.07, 6.45) is 3.09. The van der Waals surface area contributed by atoms with E-state index in [1.807, 2.05) is 48.5 Å². The van der Waals surface area contributed by atoms with Crippen LogP contribution in [0.15, 0.2) is 66.7 Å². The molecule has 1 fully saturated rings. The number of aryl methyl sites for hydroxylation is 1. The Hall–Kier alpha value is -2.04. The zero-order valence-corrected chi connectivity index (χ0v) is 18.7. The SMILES string of the molecule is CNN(c1ccccc1)c1ccc(C(O)(c2cc(Cl)cc(Cl)c2)C2CCC2)cc1C. The Labute approximate surface area is 188 Å². The van der Waals surface area contributed by atoms with E-state index in [1.165, 1.54) is 0 Å². The van der Waals surface area contributed by atoms with Gasteiger partial charge in [-0.1, -0.05) is 60.0 Å². The van der Waals surface area contributed by atoms with Crippen molar-refractivity contribution in [3.05, 3.63) is 93.5 Å². The molecule has 5 heteroatoms. The minimum absolute atomic E-state index is 0.145. The molecule has 1 aliphatic carbocycles. The van der Waals surface area contributed by atoms with Crippen molar-refractivity contribution in [2.45, 2.75) is 31.8 Å². The third kappa shape index (κ3) is 3.83. The number of hydrogen-bond acceptors (Lipinski definition) is 3. The second-order valence-electron chi connectivity index (χ2n) is 7.95. The number of aliphatic hydroxyl groups is 1. The molecule has 2 N–H and O–H groups in total. The van der Waals surface area contributed by atoms with Crippen LogP contribution >= 0.6 is 23.2 Å². The lowest BCUT2D eigenvalue weighted by Crippen LogP contribution is -2.40. The third-order valence-corrected chi connectivity index (χ3v) is 6.55. The Balaban J connectivity index is 1.79. The van der Waals surface area contributed by atoms with E-state index in [0.717, 1.165) is 47.3 Å². The van der Waals surface area contributed by atoms with Crippen LogP contribution in [0, 0.1) is 12.8 Å². The van der Waals surface area contributed by atoms with Crippen LogP contribution in [0.4, 0.5) is 11.4 Å². The molecule has 3 aromatic rings. The Morgan fingerprint density at radius 3 is 2.13 bits per heavy atom. The molecule has 30 heavy (non-hydrogen) atoms. The fourth-order valence-electron chi connectivity index (χ4n) is 4.35. The third-order valence-electron chi connectivity index (χ3n) is 6.11. The average Bonchev–Trinajstić information content (AvgIpc) is 2.68. The summed E-state index contributed by atoms with van der Waals surface area (Å²) in [5, 5.41) is 15.1. The Kier molecular flexibility index (Phi) is 6.08. The van der Waals surface area contributed by atoms with Gasteiger partial charge in [0, 0.05) is 17.1 Å². The first kappa shape index (κ1) is 21.2. The van der Waals surface area contributed by atoms with Crippen molar-refractivity contribution in [1.82, 2.24) is 5.43 Å². The fraction of sp³-hybridized carbons (Fsp3) is 0.280. The van der Waals surface area contributed by atoms with E-state index in [2.05, 4.69) is 36.6 Å². The van der Waals surface area contributed by atoms with Crippen LogP contribution in [-0.4, -0.2) is 12.2 Å². The Bertz CT molecular complexity index is 1020. The maximum atomic E-state index is 12.0. The summed E-state index contributed by atoms with van der Waals surface area (Å²) in [6.45, 7) is 2.07. The van der Waals surface area contributed by atoms with E-state index >= 15 is 0 Å². The van der Waals surface area contributed by atoms with Crippen LogP contribution in [0.2, 0.25) is 10.0 Å². The lowest BCUT2D eigenvalue weighted by Gasteiger charge is -2.43. The van der Waals surface area contributed by atoms with Gasteiger partial charge in [-0.25, -0.2) is 5.43 Å². The summed E-state index contributed by atoms with van der Waals surface area (Å²) < 4.78 is 0. The van der Waals surface area contributed by atoms with Gasteiger partial charge in [-0.15, -0.1) is 0 Å². The Morgan fingerprint density at radius 2 is 1.60 bits per heavy atom. The van der Waals surface area contributed by atoms with Crippen LogP contribution in [0.25, 0.3) is 0 Å². The number of hydrogen-bond donors (Lipinski definition) is 2. The molecule has 0 radical (unpaired) electrons. The smallest absolute Gasteiger partial charge is 0.118 e. The number of rotatable bonds is 6. The molecule has 4 rings (SSSR count). The molecule has 0 spiro atoms. The first-order chi connectivity index (χ1) is 14.4.